The largest absolute Gasteiger partial charge is 0.421 e. The minimum Gasteiger partial charge on any atom is -0.421 e. The van der Waals surface area contributed by atoms with Crippen LogP contribution in [0.2, 0.25) is 0 Å². The van der Waals surface area contributed by atoms with Gasteiger partial charge in [0.15, 0.2) is 0 Å². The van der Waals surface area contributed by atoms with Crippen molar-refractivity contribution in [1.82, 2.24) is 4.90 Å². The molecule has 0 bridgehead atoms. The van der Waals surface area contributed by atoms with E-state index in [0.717, 1.165) is 18.9 Å². The lowest BCUT2D eigenvalue weighted by atomic mass is 9.89. The first-order chi connectivity index (χ1) is 12.7. The molecule has 2 aromatic rings. The van der Waals surface area contributed by atoms with E-state index in [-0.39, 0.29) is 0 Å². The summed E-state index contributed by atoms with van der Waals surface area (Å²) in [6.07, 6.45) is 5.04. The molecular formula is C22H24N2S2. The molecule has 26 heavy (non-hydrogen) atoms. The third-order valence-electron chi connectivity index (χ3n) is 5.61. The molecule has 4 heteroatoms. The predicted octanol–water partition coefficient (Wildman–Crippen LogP) is 4.30. The van der Waals surface area contributed by atoms with E-state index >= 15 is 0 Å². The first-order valence-corrected chi connectivity index (χ1v) is 10.2. The standard InChI is InChI=1S/C22H24N2S2/c25-22(26)21-23(15-17-9-3-1-4-10-17)19-13-7-8-14-20(19)24(21)16-18-11-5-2-6-12-18/h1-6,9-12,19-20H,7-8,13-16H2/t19-,20-/m1/s1. The van der Waals surface area contributed by atoms with Crippen molar-refractivity contribution in [2.45, 2.75) is 50.9 Å². The van der Waals surface area contributed by atoms with Crippen LogP contribution in [0.15, 0.2) is 60.7 Å². The molecule has 0 aromatic heterocycles. The molecule has 0 unspecified atom stereocenters. The van der Waals surface area contributed by atoms with Gasteiger partial charge in [-0.15, -0.1) is 0 Å². The summed E-state index contributed by atoms with van der Waals surface area (Å²) in [5, 5.41) is 0. The maximum absolute atomic E-state index is 5.56. The Morgan fingerprint density at radius 3 is 2.23 bits per heavy atom. The molecule has 2 aromatic carbocycles. The minimum atomic E-state index is 0.517. The lowest BCUT2D eigenvalue weighted by Crippen LogP contribution is -2.42. The highest BCUT2D eigenvalue weighted by atomic mass is 32.1. The lowest BCUT2D eigenvalue weighted by Gasteiger charge is -2.28. The highest BCUT2D eigenvalue weighted by Crippen LogP contribution is 2.33. The van der Waals surface area contributed by atoms with Crippen molar-refractivity contribution < 1.29 is 4.58 Å². The van der Waals surface area contributed by atoms with Crippen LogP contribution in [0.4, 0.5) is 0 Å². The van der Waals surface area contributed by atoms with Gasteiger partial charge in [-0.25, -0.2) is 0 Å². The van der Waals surface area contributed by atoms with Crippen LogP contribution in [0.25, 0.3) is 0 Å². The second-order valence-corrected chi connectivity index (χ2v) is 8.33. The van der Waals surface area contributed by atoms with Gasteiger partial charge in [-0.2, -0.15) is 0 Å². The van der Waals surface area contributed by atoms with Crippen molar-refractivity contribution in [2.75, 3.05) is 0 Å². The zero-order valence-electron chi connectivity index (χ0n) is 14.9. The van der Waals surface area contributed by atoms with E-state index in [1.54, 1.807) is 0 Å². The third-order valence-corrected chi connectivity index (χ3v) is 5.98. The summed E-state index contributed by atoms with van der Waals surface area (Å²) < 4.78 is 3.10. The summed E-state index contributed by atoms with van der Waals surface area (Å²) in [5.74, 6) is 1.10. The van der Waals surface area contributed by atoms with Gasteiger partial charge in [0.05, 0.1) is 0 Å². The number of benzene rings is 2. The molecule has 2 aliphatic rings. The van der Waals surface area contributed by atoms with E-state index in [0.29, 0.717) is 16.3 Å². The van der Waals surface area contributed by atoms with Crippen LogP contribution in [0, 0.1) is 0 Å². The van der Waals surface area contributed by atoms with E-state index < -0.39 is 0 Å². The van der Waals surface area contributed by atoms with Crippen LogP contribution >= 0.6 is 12.2 Å². The number of fused-ring (bicyclic) bond motifs is 1. The van der Waals surface area contributed by atoms with Crippen LogP contribution in [0.3, 0.4) is 0 Å². The summed E-state index contributed by atoms with van der Waals surface area (Å²) in [5.41, 5.74) is 2.64. The fourth-order valence-corrected chi connectivity index (χ4v) is 4.95. The van der Waals surface area contributed by atoms with Crippen molar-refractivity contribution in [3.8, 4) is 0 Å². The fraction of sp³-hybridized carbons (Fsp3) is 0.364. The monoisotopic (exact) mass is 380 g/mol. The smallest absolute Gasteiger partial charge is 0.260 e. The molecule has 1 aliphatic carbocycles. The van der Waals surface area contributed by atoms with Gasteiger partial charge in [0.1, 0.15) is 25.2 Å². The van der Waals surface area contributed by atoms with Gasteiger partial charge < -0.3 is 24.8 Å². The summed E-state index contributed by atoms with van der Waals surface area (Å²) >= 11 is 11.1. The van der Waals surface area contributed by atoms with E-state index in [4.69, 9.17) is 24.8 Å². The SMILES string of the molecule is S=C([S-])C1=[N+](Cc2ccccc2)[C@@H]2CCCC[C@H]2N1Cc1ccccc1. The van der Waals surface area contributed by atoms with E-state index in [9.17, 15) is 0 Å². The highest BCUT2D eigenvalue weighted by Gasteiger charge is 2.47. The summed E-state index contributed by atoms with van der Waals surface area (Å²) in [6, 6.07) is 22.4. The molecule has 4 rings (SSSR count). The third kappa shape index (κ3) is 3.53. The Labute approximate surface area is 167 Å². The minimum absolute atomic E-state index is 0.517. The molecule has 1 heterocycles. The zero-order chi connectivity index (χ0) is 17.9. The van der Waals surface area contributed by atoms with Crippen molar-refractivity contribution in [1.29, 1.82) is 0 Å². The van der Waals surface area contributed by atoms with Crippen LogP contribution in [-0.2, 0) is 25.7 Å². The van der Waals surface area contributed by atoms with E-state index in [1.165, 1.54) is 36.8 Å². The number of hydrogen-bond donors (Lipinski definition) is 0. The quantitative estimate of drug-likeness (QED) is 0.434. The van der Waals surface area contributed by atoms with E-state index in [2.05, 4.69) is 70.1 Å². The van der Waals surface area contributed by atoms with E-state index in [1.807, 2.05) is 0 Å². The summed E-state index contributed by atoms with van der Waals surface area (Å²) in [6.45, 7) is 1.78. The number of rotatable bonds is 5. The number of nitrogens with zero attached hydrogens (tertiary/aromatic N) is 2. The molecule has 134 valence electrons. The zero-order valence-corrected chi connectivity index (χ0v) is 16.5. The number of amidine groups is 1. The molecule has 0 spiro atoms. The fourth-order valence-electron chi connectivity index (χ4n) is 4.48. The normalized spacial score (nSPS) is 22.4. The maximum atomic E-state index is 5.56. The predicted molar refractivity (Wildman–Crippen MR) is 113 cm³/mol. The van der Waals surface area contributed by atoms with Crippen molar-refractivity contribution in [3.63, 3.8) is 0 Å². The van der Waals surface area contributed by atoms with Crippen molar-refractivity contribution >= 4 is 34.9 Å². The first kappa shape index (κ1) is 17.6. The molecular weight excluding hydrogens is 356 g/mol. The summed E-state index contributed by atoms with van der Waals surface area (Å²) in [4.78, 5) is 2.50. The molecule has 1 saturated carbocycles. The van der Waals surface area contributed by atoms with Gasteiger partial charge >= 0.3 is 0 Å². The van der Waals surface area contributed by atoms with Gasteiger partial charge in [0.2, 0.25) is 0 Å². The average Bonchev–Trinajstić information content (AvgIpc) is 2.97. The molecule has 0 N–H and O–H groups in total. The Morgan fingerprint density at radius 2 is 1.58 bits per heavy atom. The van der Waals surface area contributed by atoms with Gasteiger partial charge in [0.25, 0.3) is 5.84 Å². The average molecular weight is 381 g/mol. The Bertz CT molecular complexity index is 801. The van der Waals surface area contributed by atoms with Crippen LogP contribution in [0.5, 0.6) is 0 Å². The van der Waals surface area contributed by atoms with Crippen LogP contribution in [-0.4, -0.2) is 31.6 Å². The van der Waals surface area contributed by atoms with Crippen molar-refractivity contribution in [3.05, 3.63) is 71.8 Å². The van der Waals surface area contributed by atoms with Gasteiger partial charge in [-0.3, -0.25) is 9.48 Å². The lowest BCUT2D eigenvalue weighted by molar-refractivity contribution is -0.576. The van der Waals surface area contributed by atoms with Gasteiger partial charge in [-0.05, 0) is 41.0 Å². The van der Waals surface area contributed by atoms with Gasteiger partial charge in [-0.1, -0.05) is 60.7 Å². The number of thiocarbonyl (C=S) groups is 1. The van der Waals surface area contributed by atoms with Crippen LogP contribution < -0.4 is 0 Å². The molecule has 1 aliphatic heterocycles. The highest BCUT2D eigenvalue weighted by molar-refractivity contribution is 8.03. The topological polar surface area (TPSA) is 6.25 Å². The maximum Gasteiger partial charge on any atom is 0.260 e. The van der Waals surface area contributed by atoms with Crippen molar-refractivity contribution in [2.24, 2.45) is 0 Å². The molecule has 0 radical (unpaired) electrons. The Morgan fingerprint density at radius 1 is 0.962 bits per heavy atom. The second-order valence-electron chi connectivity index (χ2n) is 7.26. The second kappa shape index (κ2) is 7.85. The van der Waals surface area contributed by atoms with Crippen LogP contribution in [0.1, 0.15) is 36.8 Å². The molecule has 2 nitrogen and oxygen atoms in total. The number of hydrogen-bond acceptors (Lipinski definition) is 3. The Hall–Kier alpha value is -1.78. The summed E-state index contributed by atoms with van der Waals surface area (Å²) in [7, 11) is 0. The Kier molecular flexibility index (Phi) is 5.32. The Balaban J connectivity index is 1.72. The molecule has 1 fully saturated rings. The van der Waals surface area contributed by atoms with Gasteiger partial charge in [0, 0.05) is 0 Å². The first-order valence-electron chi connectivity index (χ1n) is 9.43. The molecule has 0 saturated heterocycles. The molecule has 2 atom stereocenters. The molecule has 0 amide bonds.